The maximum atomic E-state index is 7.20. The molecule has 2 aliphatic heterocycles. The zero-order chi connectivity index (χ0) is 37.8. The van der Waals surface area contributed by atoms with Crippen molar-refractivity contribution < 1.29 is 4.74 Å². The van der Waals surface area contributed by atoms with Crippen LogP contribution in [0.4, 0.5) is 34.1 Å². The van der Waals surface area contributed by atoms with Crippen LogP contribution in [-0.4, -0.2) is 6.71 Å². The first-order valence-corrected chi connectivity index (χ1v) is 19.5. The van der Waals surface area contributed by atoms with Crippen LogP contribution < -0.4 is 30.9 Å². The molecule has 0 saturated carbocycles. The van der Waals surface area contributed by atoms with Gasteiger partial charge in [0.15, 0.2) is 0 Å². The van der Waals surface area contributed by atoms with Gasteiger partial charge in [-0.25, -0.2) is 0 Å². The molecule has 4 heteroatoms. The fourth-order valence-corrected chi connectivity index (χ4v) is 8.68. The Balaban J connectivity index is 1.31. The summed E-state index contributed by atoms with van der Waals surface area (Å²) < 4.78 is 7.20. The molecular weight excluding hydrogens is 679 g/mol. The molecule has 0 spiro atoms. The molecule has 268 valence electrons. The minimum atomic E-state index is -0.104. The lowest BCUT2D eigenvalue weighted by Crippen LogP contribution is -2.60. The zero-order valence-electron chi connectivity index (χ0n) is 31.9. The summed E-state index contributed by atoms with van der Waals surface area (Å²) in [7, 11) is 0. The van der Waals surface area contributed by atoms with Gasteiger partial charge in [-0.15, -0.1) is 0 Å². The standard InChI is InChI=1S/C52H41BN2O/c1-52(2,3)38-30-32-41(33-31-38)55-45-28-16-26-43(36-18-8-4-9-19-36)49(45)53-50-44(37-20-10-5-11-21-37)27-17-29-47(50)56-48-35-42(34-46(55)51(48)53)54(39-22-12-6-13-23-39)40-24-14-7-15-25-40/h4-35H,1-3H3. The SMILES string of the molecule is CC(C)(C)c1ccc(N2c3cc(N(c4ccccc4)c4ccccc4)cc4c3B(c3c(cccc3-c3ccccc3)O4)c3c(-c4ccccc4)cccc32)cc1. The number of nitrogens with zero attached hydrogens (tertiary/aromatic N) is 2. The van der Waals surface area contributed by atoms with Gasteiger partial charge in [0.05, 0.1) is 5.69 Å². The van der Waals surface area contributed by atoms with Crippen molar-refractivity contribution in [3.8, 4) is 33.8 Å². The topological polar surface area (TPSA) is 15.7 Å². The van der Waals surface area contributed by atoms with Crippen LogP contribution >= 0.6 is 0 Å². The van der Waals surface area contributed by atoms with E-state index in [9.17, 15) is 0 Å². The van der Waals surface area contributed by atoms with E-state index in [0.29, 0.717) is 0 Å². The fourth-order valence-electron chi connectivity index (χ4n) is 8.68. The molecule has 2 heterocycles. The molecule has 0 radical (unpaired) electrons. The molecule has 8 aromatic carbocycles. The smallest absolute Gasteiger partial charge is 0.258 e. The van der Waals surface area contributed by atoms with Gasteiger partial charge in [0.2, 0.25) is 0 Å². The molecule has 0 atom stereocenters. The first kappa shape index (κ1) is 33.8. The third-order valence-corrected chi connectivity index (χ3v) is 11.3. The lowest BCUT2D eigenvalue weighted by Gasteiger charge is -2.42. The number of ether oxygens (including phenoxy) is 1. The van der Waals surface area contributed by atoms with Crippen molar-refractivity contribution in [2.75, 3.05) is 9.80 Å². The highest BCUT2D eigenvalue weighted by molar-refractivity contribution is 7.00. The van der Waals surface area contributed by atoms with Crippen LogP contribution in [0.1, 0.15) is 26.3 Å². The lowest BCUT2D eigenvalue weighted by atomic mass is 9.32. The zero-order valence-corrected chi connectivity index (χ0v) is 31.9. The number of benzene rings is 8. The van der Waals surface area contributed by atoms with Gasteiger partial charge < -0.3 is 14.5 Å². The molecular formula is C52H41BN2O. The minimum Gasteiger partial charge on any atom is -0.458 e. The van der Waals surface area contributed by atoms with Crippen molar-refractivity contribution in [3.63, 3.8) is 0 Å². The van der Waals surface area contributed by atoms with Crippen molar-refractivity contribution in [1.82, 2.24) is 0 Å². The third-order valence-electron chi connectivity index (χ3n) is 11.3. The Labute approximate surface area is 330 Å². The van der Waals surface area contributed by atoms with Gasteiger partial charge >= 0.3 is 0 Å². The van der Waals surface area contributed by atoms with Gasteiger partial charge in [0.25, 0.3) is 6.71 Å². The molecule has 0 fully saturated rings. The molecule has 10 rings (SSSR count). The molecule has 56 heavy (non-hydrogen) atoms. The number of fused-ring (bicyclic) bond motifs is 4. The van der Waals surface area contributed by atoms with E-state index >= 15 is 0 Å². The molecule has 8 aromatic rings. The molecule has 0 bridgehead atoms. The Kier molecular flexibility index (Phi) is 8.15. The highest BCUT2D eigenvalue weighted by Gasteiger charge is 2.45. The van der Waals surface area contributed by atoms with Gasteiger partial charge in [-0.2, -0.15) is 0 Å². The van der Waals surface area contributed by atoms with Crippen molar-refractivity contribution >= 4 is 57.2 Å². The van der Waals surface area contributed by atoms with E-state index in [2.05, 4.69) is 225 Å². The summed E-state index contributed by atoms with van der Waals surface area (Å²) in [5, 5.41) is 0. The maximum Gasteiger partial charge on any atom is 0.258 e. The van der Waals surface area contributed by atoms with Gasteiger partial charge in [0.1, 0.15) is 11.5 Å². The fraction of sp³-hybridized carbons (Fsp3) is 0.0769. The van der Waals surface area contributed by atoms with Gasteiger partial charge in [-0.05, 0) is 104 Å². The predicted octanol–water partition coefficient (Wildman–Crippen LogP) is 12.2. The number of hydrogen-bond acceptors (Lipinski definition) is 3. The molecule has 0 aliphatic carbocycles. The molecule has 0 unspecified atom stereocenters. The second kappa shape index (κ2) is 13.5. The summed E-state index contributed by atoms with van der Waals surface area (Å²) in [4.78, 5) is 4.81. The van der Waals surface area contributed by atoms with E-state index in [1.165, 1.54) is 44.2 Å². The van der Waals surface area contributed by atoms with Crippen molar-refractivity contribution in [3.05, 3.63) is 200 Å². The van der Waals surface area contributed by atoms with E-state index in [1.807, 2.05) is 0 Å². The Bertz CT molecular complexity index is 2650. The molecule has 0 saturated heterocycles. The monoisotopic (exact) mass is 720 g/mol. The number of hydrogen-bond donors (Lipinski definition) is 0. The largest absolute Gasteiger partial charge is 0.458 e. The summed E-state index contributed by atoms with van der Waals surface area (Å²) in [6.07, 6.45) is 0. The van der Waals surface area contributed by atoms with E-state index in [0.717, 1.165) is 45.6 Å². The molecule has 0 aromatic heterocycles. The van der Waals surface area contributed by atoms with Crippen molar-refractivity contribution in [1.29, 1.82) is 0 Å². The van der Waals surface area contributed by atoms with Crippen LogP contribution in [0.3, 0.4) is 0 Å². The second-order valence-corrected chi connectivity index (χ2v) is 15.7. The Morgan fingerprint density at radius 3 is 1.55 bits per heavy atom. The van der Waals surface area contributed by atoms with Crippen molar-refractivity contribution in [2.45, 2.75) is 26.2 Å². The Morgan fingerprint density at radius 1 is 0.446 bits per heavy atom. The van der Waals surface area contributed by atoms with Crippen molar-refractivity contribution in [2.24, 2.45) is 0 Å². The first-order valence-electron chi connectivity index (χ1n) is 19.5. The summed E-state index contributed by atoms with van der Waals surface area (Å²) in [6.45, 7) is 6.72. The predicted molar refractivity (Wildman–Crippen MR) is 237 cm³/mol. The van der Waals surface area contributed by atoms with Crippen LogP contribution in [0, 0.1) is 0 Å². The minimum absolute atomic E-state index is 0.0280. The van der Waals surface area contributed by atoms with E-state index in [4.69, 9.17) is 4.74 Å². The summed E-state index contributed by atoms with van der Waals surface area (Å²) >= 11 is 0. The lowest BCUT2D eigenvalue weighted by molar-refractivity contribution is 0.488. The highest BCUT2D eigenvalue weighted by Crippen LogP contribution is 2.47. The number of anilines is 6. The molecule has 0 amide bonds. The summed E-state index contributed by atoms with van der Waals surface area (Å²) in [6, 6.07) is 70.0. The summed E-state index contributed by atoms with van der Waals surface area (Å²) in [5.74, 6) is 1.75. The van der Waals surface area contributed by atoms with Crippen LogP contribution in [0.15, 0.2) is 194 Å². The van der Waals surface area contributed by atoms with E-state index < -0.39 is 0 Å². The molecule has 0 N–H and O–H groups in total. The van der Waals surface area contributed by atoms with Gasteiger partial charge in [-0.3, -0.25) is 0 Å². The normalized spacial score (nSPS) is 12.6. The highest BCUT2D eigenvalue weighted by atomic mass is 16.5. The summed E-state index contributed by atoms with van der Waals surface area (Å²) in [5.41, 5.74) is 16.3. The number of rotatable bonds is 6. The average Bonchev–Trinajstić information content (AvgIpc) is 3.24. The Morgan fingerprint density at radius 2 is 0.982 bits per heavy atom. The molecule has 3 nitrogen and oxygen atoms in total. The van der Waals surface area contributed by atoms with Crippen LogP contribution in [0.2, 0.25) is 0 Å². The quantitative estimate of drug-likeness (QED) is 0.159. The van der Waals surface area contributed by atoms with Gasteiger partial charge in [-0.1, -0.05) is 154 Å². The van der Waals surface area contributed by atoms with Gasteiger partial charge in [0, 0.05) is 34.5 Å². The maximum absolute atomic E-state index is 7.20. The van der Waals surface area contributed by atoms with E-state index in [1.54, 1.807) is 0 Å². The van der Waals surface area contributed by atoms with E-state index in [-0.39, 0.29) is 12.1 Å². The Hall–Kier alpha value is -6.78. The van der Waals surface area contributed by atoms with Crippen LogP contribution in [0.25, 0.3) is 22.3 Å². The molecule has 2 aliphatic rings. The van der Waals surface area contributed by atoms with Crippen LogP contribution in [0.5, 0.6) is 11.5 Å². The number of para-hydroxylation sites is 2. The van der Waals surface area contributed by atoms with Crippen LogP contribution in [-0.2, 0) is 5.41 Å². The average molecular weight is 721 g/mol. The second-order valence-electron chi connectivity index (χ2n) is 15.7. The third kappa shape index (κ3) is 5.69. The first-order chi connectivity index (χ1) is 27.4.